The second kappa shape index (κ2) is 4.81. The van der Waals surface area contributed by atoms with Gasteiger partial charge in [0.1, 0.15) is 0 Å². The van der Waals surface area contributed by atoms with Crippen LogP contribution in [0.5, 0.6) is 11.8 Å². The van der Waals surface area contributed by atoms with Gasteiger partial charge in [0.2, 0.25) is 0 Å². The van der Waals surface area contributed by atoms with Gasteiger partial charge in [0, 0.05) is 13.0 Å². The van der Waals surface area contributed by atoms with E-state index in [-0.39, 0.29) is 11.8 Å². The van der Waals surface area contributed by atoms with Crippen LogP contribution < -0.4 is 9.88 Å². The third kappa shape index (κ3) is 2.60. The Morgan fingerprint density at radius 2 is 1.86 bits per heavy atom. The van der Waals surface area contributed by atoms with Crippen LogP contribution in [0.2, 0.25) is 0 Å². The third-order valence-corrected chi connectivity index (χ3v) is 2.08. The number of aryl methyl sites for hydroxylation is 1. The van der Waals surface area contributed by atoms with Gasteiger partial charge in [-0.3, -0.25) is 0 Å². The first-order chi connectivity index (χ1) is 6.65. The zero-order valence-electron chi connectivity index (χ0n) is 8.62. The molecule has 1 heterocycles. The summed E-state index contributed by atoms with van der Waals surface area (Å²) < 4.78 is 1.49. The standard InChI is InChI=1S/C10H16N2O2/c1-8-6-9(13)12(10(14)7-8)5-3-4-11-2/h6-7,11H,3-5H2,1-2H3,(H,13,14)/p+1. The summed E-state index contributed by atoms with van der Waals surface area (Å²) in [4.78, 5) is 0. The van der Waals surface area contributed by atoms with E-state index in [4.69, 9.17) is 0 Å². The zero-order chi connectivity index (χ0) is 10.6. The Balaban J connectivity index is 2.75. The molecule has 0 aliphatic rings. The first kappa shape index (κ1) is 10.8. The van der Waals surface area contributed by atoms with Crippen LogP contribution in [0.15, 0.2) is 12.1 Å². The largest absolute Gasteiger partial charge is 0.460 e. The lowest BCUT2D eigenvalue weighted by Gasteiger charge is -2.02. The molecule has 4 nitrogen and oxygen atoms in total. The van der Waals surface area contributed by atoms with Crippen LogP contribution >= 0.6 is 0 Å². The van der Waals surface area contributed by atoms with Crippen molar-refractivity contribution in [2.45, 2.75) is 19.9 Å². The molecule has 1 aromatic rings. The van der Waals surface area contributed by atoms with Gasteiger partial charge in [-0.25, -0.2) is 0 Å². The smallest absolute Gasteiger partial charge is 0.368 e. The SMILES string of the molecule is CNCCC[n+]1c(O)cc(C)cc1O. The average molecular weight is 197 g/mol. The van der Waals surface area contributed by atoms with Crippen LogP contribution in [-0.2, 0) is 6.54 Å². The number of hydrogen-bond donors (Lipinski definition) is 3. The van der Waals surface area contributed by atoms with E-state index in [2.05, 4.69) is 5.32 Å². The number of nitrogens with zero attached hydrogens (tertiary/aromatic N) is 1. The van der Waals surface area contributed by atoms with E-state index >= 15 is 0 Å². The Morgan fingerprint density at radius 1 is 1.29 bits per heavy atom. The third-order valence-electron chi connectivity index (χ3n) is 2.08. The fourth-order valence-corrected chi connectivity index (χ4v) is 1.37. The van der Waals surface area contributed by atoms with E-state index in [0.29, 0.717) is 6.54 Å². The van der Waals surface area contributed by atoms with Crippen LogP contribution in [0.4, 0.5) is 0 Å². The molecular weight excluding hydrogens is 180 g/mol. The normalized spacial score (nSPS) is 10.4. The molecule has 78 valence electrons. The van der Waals surface area contributed by atoms with Gasteiger partial charge in [0.15, 0.2) is 6.54 Å². The monoisotopic (exact) mass is 197 g/mol. The maximum Gasteiger partial charge on any atom is 0.368 e. The molecule has 0 saturated heterocycles. The fourth-order valence-electron chi connectivity index (χ4n) is 1.37. The lowest BCUT2D eigenvalue weighted by molar-refractivity contribution is -0.708. The summed E-state index contributed by atoms with van der Waals surface area (Å²) in [6.45, 7) is 3.30. The fraction of sp³-hybridized carbons (Fsp3) is 0.500. The molecule has 0 spiro atoms. The van der Waals surface area contributed by atoms with Crippen molar-refractivity contribution in [3.63, 3.8) is 0 Å². The van der Waals surface area contributed by atoms with Gasteiger partial charge in [0.25, 0.3) is 0 Å². The summed E-state index contributed by atoms with van der Waals surface area (Å²) in [5, 5.41) is 22.1. The summed E-state index contributed by atoms with van der Waals surface area (Å²) in [6, 6.07) is 3.28. The lowest BCUT2D eigenvalue weighted by Crippen LogP contribution is -2.35. The van der Waals surface area contributed by atoms with E-state index in [1.807, 2.05) is 14.0 Å². The Labute approximate surface area is 83.8 Å². The van der Waals surface area contributed by atoms with E-state index in [1.165, 1.54) is 4.57 Å². The molecule has 0 bridgehead atoms. The molecule has 0 amide bonds. The highest BCUT2D eigenvalue weighted by molar-refractivity contribution is 5.19. The number of nitrogens with one attached hydrogen (secondary N) is 1. The Morgan fingerprint density at radius 3 is 2.36 bits per heavy atom. The Kier molecular flexibility index (Phi) is 3.71. The first-order valence-corrected chi connectivity index (χ1v) is 4.72. The van der Waals surface area contributed by atoms with Crippen molar-refractivity contribution in [2.75, 3.05) is 13.6 Å². The molecule has 0 aliphatic carbocycles. The summed E-state index contributed by atoms with van der Waals surface area (Å²) in [5.41, 5.74) is 0.852. The molecule has 1 rings (SSSR count). The molecule has 14 heavy (non-hydrogen) atoms. The Bertz CT molecular complexity index is 290. The molecule has 0 aromatic carbocycles. The van der Waals surface area contributed by atoms with Crippen molar-refractivity contribution in [2.24, 2.45) is 0 Å². The zero-order valence-corrected chi connectivity index (χ0v) is 8.62. The van der Waals surface area contributed by atoms with Crippen molar-refractivity contribution in [1.29, 1.82) is 0 Å². The van der Waals surface area contributed by atoms with Crippen molar-refractivity contribution in [3.05, 3.63) is 17.7 Å². The molecular formula is C10H17N2O2+. The van der Waals surface area contributed by atoms with Crippen LogP contribution in [0.25, 0.3) is 0 Å². The lowest BCUT2D eigenvalue weighted by atomic mass is 10.3. The maximum atomic E-state index is 9.55. The number of aromatic nitrogens is 1. The maximum absolute atomic E-state index is 9.55. The molecule has 0 atom stereocenters. The topological polar surface area (TPSA) is 56.4 Å². The van der Waals surface area contributed by atoms with E-state index in [0.717, 1.165) is 18.5 Å². The molecule has 0 unspecified atom stereocenters. The van der Waals surface area contributed by atoms with Crippen molar-refractivity contribution < 1.29 is 14.8 Å². The van der Waals surface area contributed by atoms with E-state index in [9.17, 15) is 10.2 Å². The number of pyridine rings is 1. The number of hydrogen-bond acceptors (Lipinski definition) is 3. The summed E-state index contributed by atoms with van der Waals surface area (Å²) in [6.07, 6.45) is 0.866. The van der Waals surface area contributed by atoms with E-state index < -0.39 is 0 Å². The van der Waals surface area contributed by atoms with Gasteiger partial charge in [-0.05, 0) is 19.5 Å². The highest BCUT2D eigenvalue weighted by atomic mass is 16.3. The van der Waals surface area contributed by atoms with Crippen LogP contribution in [0.1, 0.15) is 12.0 Å². The predicted molar refractivity (Wildman–Crippen MR) is 53.2 cm³/mol. The summed E-state index contributed by atoms with van der Waals surface area (Å²) in [5.74, 6) is 0.220. The molecule has 4 heteroatoms. The first-order valence-electron chi connectivity index (χ1n) is 4.72. The number of aromatic hydroxyl groups is 2. The van der Waals surface area contributed by atoms with Crippen LogP contribution in [0, 0.1) is 6.92 Å². The van der Waals surface area contributed by atoms with Gasteiger partial charge in [0.05, 0.1) is 12.1 Å². The number of rotatable bonds is 4. The minimum atomic E-state index is 0.110. The minimum absolute atomic E-state index is 0.110. The molecule has 1 aromatic heterocycles. The van der Waals surface area contributed by atoms with Crippen LogP contribution in [0.3, 0.4) is 0 Å². The van der Waals surface area contributed by atoms with Gasteiger partial charge < -0.3 is 15.5 Å². The van der Waals surface area contributed by atoms with Gasteiger partial charge in [-0.1, -0.05) is 0 Å². The minimum Gasteiger partial charge on any atom is -0.460 e. The van der Waals surface area contributed by atoms with Crippen LogP contribution in [-0.4, -0.2) is 23.8 Å². The molecule has 0 saturated carbocycles. The second-order valence-corrected chi connectivity index (χ2v) is 3.36. The quantitative estimate of drug-likeness (QED) is 0.481. The highest BCUT2D eigenvalue weighted by Crippen LogP contribution is 2.12. The molecule has 0 radical (unpaired) electrons. The average Bonchev–Trinajstić information content (AvgIpc) is 2.09. The van der Waals surface area contributed by atoms with Gasteiger partial charge >= 0.3 is 11.8 Å². The van der Waals surface area contributed by atoms with Gasteiger partial charge in [-0.2, -0.15) is 0 Å². The molecule has 0 aliphatic heterocycles. The summed E-state index contributed by atoms with van der Waals surface area (Å²) >= 11 is 0. The van der Waals surface area contributed by atoms with Crippen molar-refractivity contribution in [1.82, 2.24) is 5.32 Å². The van der Waals surface area contributed by atoms with Crippen molar-refractivity contribution >= 4 is 0 Å². The highest BCUT2D eigenvalue weighted by Gasteiger charge is 2.15. The predicted octanol–water partition coefficient (Wildman–Crippen LogP) is 0.303. The molecule has 0 fully saturated rings. The molecule has 3 N–H and O–H groups in total. The van der Waals surface area contributed by atoms with E-state index in [1.54, 1.807) is 12.1 Å². The van der Waals surface area contributed by atoms with Crippen molar-refractivity contribution in [3.8, 4) is 11.8 Å². The Hall–Kier alpha value is -1.29. The second-order valence-electron chi connectivity index (χ2n) is 3.36. The summed E-state index contributed by atoms with van der Waals surface area (Å²) in [7, 11) is 1.87. The van der Waals surface area contributed by atoms with Gasteiger partial charge in [-0.15, -0.1) is 4.57 Å².